The van der Waals surface area contributed by atoms with Crippen molar-refractivity contribution in [2.24, 2.45) is 0 Å². The van der Waals surface area contributed by atoms with Gasteiger partial charge in [0, 0.05) is 33.7 Å². The number of nitrogens with zero attached hydrogens (tertiary/aromatic N) is 2. The Labute approximate surface area is 147 Å². The number of nitrogens with one attached hydrogen (secondary N) is 1. The van der Waals surface area contributed by atoms with Gasteiger partial charge in [0.05, 0.1) is 12.0 Å². The molecule has 0 bridgehead atoms. The maximum absolute atomic E-state index is 6.37. The van der Waals surface area contributed by atoms with Crippen LogP contribution in [0.3, 0.4) is 0 Å². The van der Waals surface area contributed by atoms with Crippen LogP contribution in [0.25, 0.3) is 22.2 Å². The molecule has 0 aliphatic heterocycles. The highest BCUT2D eigenvalue weighted by molar-refractivity contribution is 9.10. The van der Waals surface area contributed by atoms with Gasteiger partial charge in [-0.2, -0.15) is 0 Å². The molecular formula is C18H13BrClN3. The van der Waals surface area contributed by atoms with Gasteiger partial charge in [-0.25, -0.2) is 4.98 Å². The molecule has 2 aromatic heterocycles. The maximum atomic E-state index is 6.37. The average Bonchev–Trinajstić information content (AvgIpc) is 3.13. The van der Waals surface area contributed by atoms with E-state index in [2.05, 4.69) is 54.7 Å². The molecule has 23 heavy (non-hydrogen) atoms. The zero-order chi connectivity index (χ0) is 15.8. The summed E-state index contributed by atoms with van der Waals surface area (Å²) in [5.41, 5.74) is 4.30. The third-order valence-corrected chi connectivity index (χ3v) is 4.71. The summed E-state index contributed by atoms with van der Waals surface area (Å²) in [6.45, 7) is 0.724. The van der Waals surface area contributed by atoms with Crippen molar-refractivity contribution in [1.82, 2.24) is 14.5 Å². The SMILES string of the molecule is Clc1ncn(Cc2ccc(Br)cc2)c1-c1c[nH]c2ccccc12. The van der Waals surface area contributed by atoms with Crippen molar-refractivity contribution < 1.29 is 0 Å². The van der Waals surface area contributed by atoms with Crippen molar-refractivity contribution in [3.63, 3.8) is 0 Å². The number of halogens is 2. The first kappa shape index (κ1) is 14.5. The molecule has 0 amide bonds. The fourth-order valence-electron chi connectivity index (χ4n) is 2.80. The van der Waals surface area contributed by atoms with Gasteiger partial charge in [-0.1, -0.05) is 57.9 Å². The van der Waals surface area contributed by atoms with Gasteiger partial charge in [0.1, 0.15) is 0 Å². The van der Waals surface area contributed by atoms with Crippen molar-refractivity contribution in [2.45, 2.75) is 6.54 Å². The van der Waals surface area contributed by atoms with Gasteiger partial charge in [0.2, 0.25) is 0 Å². The fourth-order valence-corrected chi connectivity index (χ4v) is 3.32. The van der Waals surface area contributed by atoms with Crippen LogP contribution < -0.4 is 0 Å². The van der Waals surface area contributed by atoms with Gasteiger partial charge in [-0.05, 0) is 23.8 Å². The maximum Gasteiger partial charge on any atom is 0.155 e. The van der Waals surface area contributed by atoms with Crippen LogP contribution in [0.5, 0.6) is 0 Å². The van der Waals surface area contributed by atoms with E-state index in [1.54, 1.807) is 6.33 Å². The van der Waals surface area contributed by atoms with E-state index in [1.165, 1.54) is 5.56 Å². The minimum Gasteiger partial charge on any atom is -0.360 e. The van der Waals surface area contributed by atoms with E-state index in [0.29, 0.717) is 5.15 Å². The van der Waals surface area contributed by atoms with Crippen molar-refractivity contribution in [1.29, 1.82) is 0 Å². The summed E-state index contributed by atoms with van der Waals surface area (Å²) in [6.07, 6.45) is 3.78. The number of hydrogen-bond acceptors (Lipinski definition) is 1. The van der Waals surface area contributed by atoms with Crippen LogP contribution in [-0.2, 0) is 6.54 Å². The first-order valence-corrected chi connectivity index (χ1v) is 8.41. The molecule has 114 valence electrons. The summed E-state index contributed by atoms with van der Waals surface area (Å²) < 4.78 is 3.16. The lowest BCUT2D eigenvalue weighted by molar-refractivity contribution is 0.805. The van der Waals surface area contributed by atoms with E-state index in [9.17, 15) is 0 Å². The standard InChI is InChI=1S/C18H13BrClN3/c19-13-7-5-12(6-8-13)10-23-11-22-18(20)17(23)15-9-21-16-4-2-1-3-14(15)16/h1-9,11,21H,10H2. The Kier molecular flexibility index (Phi) is 3.71. The van der Waals surface area contributed by atoms with Gasteiger partial charge >= 0.3 is 0 Å². The molecule has 2 aromatic carbocycles. The van der Waals surface area contributed by atoms with Crippen molar-refractivity contribution in [2.75, 3.05) is 0 Å². The van der Waals surface area contributed by atoms with E-state index >= 15 is 0 Å². The highest BCUT2D eigenvalue weighted by Gasteiger charge is 2.15. The van der Waals surface area contributed by atoms with Crippen LogP contribution in [0.1, 0.15) is 5.56 Å². The van der Waals surface area contributed by atoms with Gasteiger partial charge in [0.25, 0.3) is 0 Å². The quantitative estimate of drug-likeness (QED) is 0.496. The molecule has 4 rings (SSSR count). The van der Waals surface area contributed by atoms with Crippen LogP contribution in [0.4, 0.5) is 0 Å². The molecule has 0 unspecified atom stereocenters. The van der Waals surface area contributed by atoms with Gasteiger partial charge in [-0.3, -0.25) is 0 Å². The Morgan fingerprint density at radius 3 is 2.70 bits per heavy atom. The monoisotopic (exact) mass is 385 g/mol. The molecule has 0 aliphatic rings. The van der Waals surface area contributed by atoms with E-state index in [4.69, 9.17) is 11.6 Å². The second kappa shape index (κ2) is 5.87. The lowest BCUT2D eigenvalue weighted by Crippen LogP contribution is -2.00. The largest absolute Gasteiger partial charge is 0.360 e. The minimum atomic E-state index is 0.520. The third kappa shape index (κ3) is 2.69. The lowest BCUT2D eigenvalue weighted by atomic mass is 10.1. The van der Waals surface area contributed by atoms with Crippen LogP contribution >= 0.6 is 27.5 Å². The molecule has 0 fully saturated rings. The van der Waals surface area contributed by atoms with E-state index in [1.807, 2.05) is 30.5 Å². The van der Waals surface area contributed by atoms with Gasteiger partial charge in [-0.15, -0.1) is 0 Å². The topological polar surface area (TPSA) is 33.6 Å². The lowest BCUT2D eigenvalue weighted by Gasteiger charge is -2.08. The predicted molar refractivity (Wildman–Crippen MR) is 97.8 cm³/mol. The number of benzene rings is 2. The molecule has 1 N–H and O–H groups in total. The smallest absolute Gasteiger partial charge is 0.155 e. The van der Waals surface area contributed by atoms with E-state index < -0.39 is 0 Å². The van der Waals surface area contributed by atoms with E-state index in [-0.39, 0.29) is 0 Å². The summed E-state index contributed by atoms with van der Waals surface area (Å²) in [5.74, 6) is 0. The second-order valence-electron chi connectivity index (χ2n) is 5.39. The Morgan fingerprint density at radius 2 is 1.87 bits per heavy atom. The van der Waals surface area contributed by atoms with Crippen LogP contribution in [0.2, 0.25) is 5.15 Å². The normalized spacial score (nSPS) is 11.2. The second-order valence-corrected chi connectivity index (χ2v) is 6.66. The highest BCUT2D eigenvalue weighted by Crippen LogP contribution is 2.33. The number of aromatic amines is 1. The zero-order valence-corrected chi connectivity index (χ0v) is 14.5. The average molecular weight is 387 g/mol. The molecule has 0 aliphatic carbocycles. The molecule has 0 spiro atoms. The van der Waals surface area contributed by atoms with Crippen LogP contribution in [0, 0.1) is 0 Å². The number of para-hydroxylation sites is 1. The van der Waals surface area contributed by atoms with Crippen LogP contribution in [0.15, 0.2) is 65.5 Å². The summed E-state index contributed by atoms with van der Waals surface area (Å²) in [4.78, 5) is 7.59. The van der Waals surface area contributed by atoms with Gasteiger partial charge in [0.15, 0.2) is 5.15 Å². The summed E-state index contributed by atoms with van der Waals surface area (Å²) in [6, 6.07) is 16.5. The Morgan fingerprint density at radius 1 is 1.09 bits per heavy atom. The predicted octanol–water partition coefficient (Wildman–Crippen LogP) is 5.50. The summed E-state index contributed by atoms with van der Waals surface area (Å²) in [7, 11) is 0. The van der Waals surface area contributed by atoms with Gasteiger partial charge < -0.3 is 9.55 Å². The number of hydrogen-bond donors (Lipinski definition) is 1. The number of H-pyrrole nitrogens is 1. The molecule has 5 heteroatoms. The summed E-state index contributed by atoms with van der Waals surface area (Å²) >= 11 is 9.84. The molecule has 4 aromatic rings. The first-order chi connectivity index (χ1) is 11.2. The molecule has 2 heterocycles. The number of fused-ring (bicyclic) bond motifs is 1. The van der Waals surface area contributed by atoms with Crippen LogP contribution in [-0.4, -0.2) is 14.5 Å². The molecule has 0 atom stereocenters. The highest BCUT2D eigenvalue weighted by atomic mass is 79.9. The Balaban J connectivity index is 1.80. The van der Waals surface area contributed by atoms with Crippen molar-refractivity contribution >= 4 is 38.4 Å². The molecule has 3 nitrogen and oxygen atoms in total. The fraction of sp³-hybridized carbons (Fsp3) is 0.0556. The molecule has 0 saturated carbocycles. The number of imidazole rings is 1. The summed E-state index contributed by atoms with van der Waals surface area (Å²) in [5, 5.41) is 1.67. The van der Waals surface area contributed by atoms with Crippen molar-refractivity contribution in [3.8, 4) is 11.3 Å². The molecule has 0 radical (unpaired) electrons. The van der Waals surface area contributed by atoms with Crippen molar-refractivity contribution in [3.05, 3.63) is 76.2 Å². The third-order valence-electron chi connectivity index (χ3n) is 3.90. The Hall–Kier alpha value is -2.04. The zero-order valence-electron chi connectivity index (χ0n) is 12.1. The number of rotatable bonds is 3. The Bertz CT molecular complexity index is 970. The minimum absolute atomic E-state index is 0.520. The van der Waals surface area contributed by atoms with E-state index in [0.717, 1.165) is 33.2 Å². The molecule has 0 saturated heterocycles. The first-order valence-electron chi connectivity index (χ1n) is 7.24. The number of aromatic nitrogens is 3. The molecular weight excluding hydrogens is 374 g/mol.